The summed E-state index contributed by atoms with van der Waals surface area (Å²) in [5.41, 5.74) is 0.835. The van der Waals surface area contributed by atoms with Crippen LogP contribution in [0.2, 0.25) is 10.0 Å². The van der Waals surface area contributed by atoms with Crippen molar-refractivity contribution in [3.63, 3.8) is 0 Å². The van der Waals surface area contributed by atoms with E-state index in [-0.39, 0.29) is 12.2 Å². The maximum absolute atomic E-state index is 13.7. The van der Waals surface area contributed by atoms with E-state index in [0.29, 0.717) is 15.7 Å². The number of halogens is 3. The molecule has 0 atom stereocenters. The summed E-state index contributed by atoms with van der Waals surface area (Å²) in [4.78, 5) is 11.7. The number of benzene rings is 2. The zero-order valence-corrected chi connectivity index (χ0v) is 16.7. The highest BCUT2D eigenvalue weighted by atomic mass is 35.5. The fraction of sp³-hybridized carbons (Fsp3) is 0.118. The van der Waals surface area contributed by atoms with Crippen molar-refractivity contribution >= 4 is 39.1 Å². The first-order valence-electron chi connectivity index (χ1n) is 7.84. The Morgan fingerprint density at radius 1 is 1.18 bits per heavy atom. The number of nitrogens with zero attached hydrogens (tertiary/aromatic N) is 3. The van der Waals surface area contributed by atoms with E-state index in [0.717, 1.165) is 17.7 Å². The predicted molar refractivity (Wildman–Crippen MR) is 101 cm³/mol. The Morgan fingerprint density at radius 3 is 2.46 bits per heavy atom. The van der Waals surface area contributed by atoms with Crippen LogP contribution in [-0.2, 0) is 16.6 Å². The van der Waals surface area contributed by atoms with E-state index in [9.17, 15) is 17.6 Å². The smallest absolute Gasteiger partial charge is 0.266 e. The Bertz CT molecular complexity index is 1140. The second-order valence-corrected chi connectivity index (χ2v) is 8.35. The largest absolute Gasteiger partial charge is 0.287 e. The quantitative estimate of drug-likeness (QED) is 0.654. The van der Waals surface area contributed by atoms with Crippen LogP contribution in [0.1, 0.15) is 21.7 Å². The van der Waals surface area contributed by atoms with Crippen LogP contribution in [0.4, 0.5) is 4.39 Å². The molecular weight excluding hydrogens is 430 g/mol. The monoisotopic (exact) mass is 442 g/mol. The first-order chi connectivity index (χ1) is 13.2. The summed E-state index contributed by atoms with van der Waals surface area (Å²) in [6, 6.07) is 9.66. The Hall–Kier alpha value is -2.49. The number of aromatic nitrogens is 3. The van der Waals surface area contributed by atoms with Crippen LogP contribution in [0.25, 0.3) is 0 Å². The van der Waals surface area contributed by atoms with Gasteiger partial charge in [-0.15, -0.1) is 5.10 Å². The molecule has 0 aliphatic heterocycles. The van der Waals surface area contributed by atoms with Crippen LogP contribution in [0.5, 0.6) is 0 Å². The lowest BCUT2D eigenvalue weighted by molar-refractivity contribution is 0.0976. The van der Waals surface area contributed by atoms with Gasteiger partial charge in [0.2, 0.25) is 0 Å². The molecule has 0 fully saturated rings. The topological polar surface area (TPSA) is 93.9 Å². The summed E-state index contributed by atoms with van der Waals surface area (Å²) in [5.74, 6) is -1.99. The van der Waals surface area contributed by atoms with Gasteiger partial charge in [0.05, 0.1) is 12.2 Å². The van der Waals surface area contributed by atoms with E-state index in [1.54, 1.807) is 29.8 Å². The summed E-state index contributed by atoms with van der Waals surface area (Å²) in [7, 11) is -4.40. The summed E-state index contributed by atoms with van der Waals surface area (Å²) in [5, 5.41) is 8.47. The molecule has 0 saturated carbocycles. The number of sulfonamides is 1. The molecule has 7 nitrogen and oxygen atoms in total. The molecule has 1 heterocycles. The van der Waals surface area contributed by atoms with Crippen molar-refractivity contribution in [2.75, 3.05) is 0 Å². The van der Waals surface area contributed by atoms with Gasteiger partial charge in [-0.2, -0.15) is 0 Å². The second kappa shape index (κ2) is 7.86. The minimum Gasteiger partial charge on any atom is -0.266 e. The van der Waals surface area contributed by atoms with E-state index in [1.165, 1.54) is 16.8 Å². The van der Waals surface area contributed by atoms with Crippen LogP contribution < -0.4 is 4.72 Å². The van der Waals surface area contributed by atoms with E-state index < -0.39 is 26.6 Å². The fourth-order valence-electron chi connectivity index (χ4n) is 2.48. The van der Waals surface area contributed by atoms with E-state index in [1.807, 2.05) is 0 Å². The Balaban J connectivity index is 1.83. The average molecular weight is 443 g/mol. The van der Waals surface area contributed by atoms with E-state index in [4.69, 9.17) is 23.2 Å². The van der Waals surface area contributed by atoms with Crippen molar-refractivity contribution in [2.24, 2.45) is 0 Å². The number of hydrogen-bond donors (Lipinski definition) is 1. The Labute approximate surface area is 170 Å². The Morgan fingerprint density at radius 2 is 1.82 bits per heavy atom. The molecule has 11 heteroatoms. The molecule has 0 aliphatic carbocycles. The van der Waals surface area contributed by atoms with Crippen molar-refractivity contribution in [1.82, 2.24) is 19.7 Å². The lowest BCUT2D eigenvalue weighted by Gasteiger charge is -2.07. The molecule has 3 rings (SSSR count). The SMILES string of the molecule is Cc1c(C(=O)NS(=O)(=O)c2ccccc2F)nnn1Cc1cc(Cl)cc(Cl)c1. The Kier molecular flexibility index (Phi) is 5.69. The van der Waals surface area contributed by atoms with Crippen molar-refractivity contribution in [2.45, 2.75) is 18.4 Å². The van der Waals surface area contributed by atoms with Gasteiger partial charge in [-0.05, 0) is 42.8 Å². The van der Waals surface area contributed by atoms with Gasteiger partial charge >= 0.3 is 0 Å². The van der Waals surface area contributed by atoms with E-state index >= 15 is 0 Å². The number of amides is 1. The maximum atomic E-state index is 13.7. The lowest BCUT2D eigenvalue weighted by atomic mass is 10.2. The molecule has 0 spiro atoms. The third-order valence-corrected chi connectivity index (χ3v) is 5.61. The molecule has 1 N–H and O–H groups in total. The third kappa shape index (κ3) is 4.32. The van der Waals surface area contributed by atoms with Crippen molar-refractivity contribution in [3.8, 4) is 0 Å². The average Bonchev–Trinajstić information content (AvgIpc) is 2.94. The third-order valence-electron chi connectivity index (χ3n) is 3.81. The number of rotatable bonds is 5. The normalized spacial score (nSPS) is 11.4. The van der Waals surface area contributed by atoms with Crippen molar-refractivity contribution < 1.29 is 17.6 Å². The number of hydrogen-bond acceptors (Lipinski definition) is 5. The zero-order chi connectivity index (χ0) is 20.5. The highest BCUT2D eigenvalue weighted by Gasteiger charge is 2.25. The van der Waals surface area contributed by atoms with Gasteiger partial charge in [-0.3, -0.25) is 4.79 Å². The number of carbonyl (C=O) groups is 1. The summed E-state index contributed by atoms with van der Waals surface area (Å²) >= 11 is 11.9. The molecule has 0 aliphatic rings. The summed E-state index contributed by atoms with van der Waals surface area (Å²) < 4.78 is 41.5. The van der Waals surface area contributed by atoms with Gasteiger partial charge in [-0.1, -0.05) is 40.5 Å². The van der Waals surface area contributed by atoms with Crippen LogP contribution in [0.15, 0.2) is 47.4 Å². The van der Waals surface area contributed by atoms with Crippen LogP contribution in [0, 0.1) is 12.7 Å². The van der Waals surface area contributed by atoms with Crippen LogP contribution in [-0.4, -0.2) is 29.3 Å². The molecule has 3 aromatic rings. The summed E-state index contributed by atoms with van der Waals surface area (Å²) in [6.07, 6.45) is 0. The minimum absolute atomic E-state index is 0.201. The van der Waals surface area contributed by atoms with Gasteiger partial charge < -0.3 is 0 Å². The number of carbonyl (C=O) groups excluding carboxylic acids is 1. The predicted octanol–water partition coefficient (Wildman–Crippen LogP) is 3.20. The number of nitrogens with one attached hydrogen (secondary N) is 1. The molecule has 146 valence electrons. The van der Waals surface area contributed by atoms with Crippen molar-refractivity contribution in [1.29, 1.82) is 0 Å². The standard InChI is InChI=1S/C17H13Cl2FN4O3S/c1-10-16(17(25)22-28(26,27)15-5-3-2-4-14(15)20)21-23-24(10)9-11-6-12(18)8-13(19)7-11/h2-8H,9H2,1H3,(H,22,25). The second-order valence-electron chi connectivity index (χ2n) is 5.82. The molecule has 0 radical (unpaired) electrons. The molecule has 1 aromatic heterocycles. The van der Waals surface area contributed by atoms with Crippen LogP contribution in [0.3, 0.4) is 0 Å². The first-order valence-corrected chi connectivity index (χ1v) is 10.1. The summed E-state index contributed by atoms with van der Waals surface area (Å²) in [6.45, 7) is 1.77. The van der Waals surface area contributed by atoms with Crippen LogP contribution >= 0.6 is 23.2 Å². The molecule has 0 saturated heterocycles. The van der Waals surface area contributed by atoms with Gasteiger partial charge in [0.25, 0.3) is 15.9 Å². The zero-order valence-electron chi connectivity index (χ0n) is 14.4. The van der Waals surface area contributed by atoms with Gasteiger partial charge in [0, 0.05) is 10.0 Å². The van der Waals surface area contributed by atoms with Gasteiger partial charge in [-0.25, -0.2) is 22.2 Å². The molecule has 1 amide bonds. The molecular formula is C17H13Cl2FN4O3S. The molecule has 0 unspecified atom stereocenters. The molecule has 28 heavy (non-hydrogen) atoms. The van der Waals surface area contributed by atoms with Crippen molar-refractivity contribution in [3.05, 3.63) is 75.3 Å². The minimum atomic E-state index is -4.40. The van der Waals surface area contributed by atoms with Gasteiger partial charge in [0.15, 0.2) is 5.69 Å². The fourth-order valence-corrected chi connectivity index (χ4v) is 4.09. The highest BCUT2D eigenvalue weighted by Crippen LogP contribution is 2.20. The van der Waals surface area contributed by atoms with Gasteiger partial charge in [0.1, 0.15) is 10.7 Å². The van der Waals surface area contributed by atoms with E-state index in [2.05, 4.69) is 10.3 Å². The molecule has 0 bridgehead atoms. The first kappa shape index (κ1) is 20.2. The molecule has 2 aromatic carbocycles. The lowest BCUT2D eigenvalue weighted by Crippen LogP contribution is -2.32. The highest BCUT2D eigenvalue weighted by molar-refractivity contribution is 7.90. The maximum Gasteiger partial charge on any atom is 0.287 e.